The number of aromatic nitrogens is 4. The van der Waals surface area contributed by atoms with E-state index in [-0.39, 0.29) is 10.9 Å². The molecule has 2 aromatic heterocycles. The normalized spacial score (nSPS) is 11.0. The van der Waals surface area contributed by atoms with Crippen molar-refractivity contribution in [1.29, 1.82) is 0 Å². The van der Waals surface area contributed by atoms with Gasteiger partial charge in [0.15, 0.2) is 11.5 Å². The average molecular weight is 541 g/mol. The van der Waals surface area contributed by atoms with E-state index < -0.39 is 5.82 Å². The van der Waals surface area contributed by atoms with Gasteiger partial charge in [0.25, 0.3) is 0 Å². The molecule has 0 atom stereocenters. The summed E-state index contributed by atoms with van der Waals surface area (Å²) in [5.74, 6) is 1.82. The highest BCUT2D eigenvalue weighted by atomic mass is 35.5. The first kappa shape index (κ1) is 27.1. The molecular formula is C27H30ClFN6O3. The molecule has 0 unspecified atom stereocenters. The molecule has 11 heteroatoms. The number of nitrogens with one attached hydrogen (secondary N) is 2. The van der Waals surface area contributed by atoms with Crippen molar-refractivity contribution in [2.24, 2.45) is 5.73 Å². The number of hydrogen-bond acceptors (Lipinski definition) is 7. The summed E-state index contributed by atoms with van der Waals surface area (Å²) in [6, 6.07) is 7.97. The number of aryl methyl sites for hydroxylation is 1. The third-order valence-electron chi connectivity index (χ3n) is 6.00. The molecule has 4 N–H and O–H groups in total. The topological polar surface area (TPSA) is 128 Å². The minimum absolute atomic E-state index is 0.0150. The SMILES string of the molecule is COc1cc2ncnc(Nc3ccc(F)c(Cl)c3)c2cc1OCCc1cnc(CCCCCCC(N)=O)[nH]1. The lowest BCUT2D eigenvalue weighted by Crippen LogP contribution is -2.09. The molecule has 0 aliphatic heterocycles. The van der Waals surface area contributed by atoms with Crippen LogP contribution in [0.1, 0.15) is 43.6 Å². The van der Waals surface area contributed by atoms with Crippen LogP contribution >= 0.6 is 11.6 Å². The van der Waals surface area contributed by atoms with Crippen molar-refractivity contribution in [3.63, 3.8) is 0 Å². The van der Waals surface area contributed by atoms with Gasteiger partial charge in [0.1, 0.15) is 23.8 Å². The monoisotopic (exact) mass is 540 g/mol. The number of H-pyrrole nitrogens is 1. The summed E-state index contributed by atoms with van der Waals surface area (Å²) >= 11 is 5.92. The summed E-state index contributed by atoms with van der Waals surface area (Å²) in [4.78, 5) is 27.3. The van der Waals surface area contributed by atoms with Crippen LogP contribution in [-0.4, -0.2) is 39.6 Å². The van der Waals surface area contributed by atoms with E-state index in [4.69, 9.17) is 26.8 Å². The average Bonchev–Trinajstić information content (AvgIpc) is 3.35. The number of rotatable bonds is 14. The highest BCUT2D eigenvalue weighted by molar-refractivity contribution is 6.31. The standard InChI is InChI=1S/C27H30ClFN6O3/c1-37-23-14-22-19(27(33-16-32-22)35-17-8-9-21(29)20(28)12-17)13-24(23)38-11-10-18-15-31-26(34-18)7-5-3-2-4-6-25(30)36/h8-9,12-16H,2-7,10-11H2,1H3,(H2,30,36)(H,31,34)(H,32,33,35). The third kappa shape index (κ3) is 7.32. The van der Waals surface area contributed by atoms with Gasteiger partial charge >= 0.3 is 0 Å². The Hall–Kier alpha value is -3.92. The summed E-state index contributed by atoms with van der Waals surface area (Å²) in [7, 11) is 1.57. The Morgan fingerprint density at radius 3 is 2.71 bits per heavy atom. The zero-order valence-electron chi connectivity index (χ0n) is 21.1. The molecule has 4 rings (SSSR count). The zero-order chi connectivity index (χ0) is 26.9. The van der Waals surface area contributed by atoms with Crippen molar-refractivity contribution in [3.05, 3.63) is 65.2 Å². The lowest BCUT2D eigenvalue weighted by Gasteiger charge is -2.14. The maximum absolute atomic E-state index is 13.6. The number of nitrogens with zero attached hydrogens (tertiary/aromatic N) is 3. The number of benzene rings is 2. The van der Waals surface area contributed by atoms with E-state index in [1.54, 1.807) is 19.2 Å². The lowest BCUT2D eigenvalue weighted by atomic mass is 10.1. The predicted molar refractivity (Wildman–Crippen MR) is 145 cm³/mol. The van der Waals surface area contributed by atoms with Gasteiger partial charge in [-0.15, -0.1) is 0 Å². The molecule has 0 fully saturated rings. The Balaban J connectivity index is 1.37. The van der Waals surface area contributed by atoms with Crippen LogP contribution in [0.25, 0.3) is 10.9 Å². The minimum atomic E-state index is -0.494. The first-order valence-corrected chi connectivity index (χ1v) is 12.8. The highest BCUT2D eigenvalue weighted by Gasteiger charge is 2.13. The molecule has 38 heavy (non-hydrogen) atoms. The van der Waals surface area contributed by atoms with E-state index in [0.717, 1.165) is 43.6 Å². The molecular weight excluding hydrogens is 511 g/mol. The summed E-state index contributed by atoms with van der Waals surface area (Å²) < 4.78 is 25.1. The summed E-state index contributed by atoms with van der Waals surface area (Å²) in [5.41, 5.74) is 7.40. The molecule has 1 amide bonds. The molecule has 0 saturated carbocycles. The van der Waals surface area contributed by atoms with Crippen molar-refractivity contribution in [2.45, 2.75) is 44.9 Å². The number of imidazole rings is 1. The molecule has 4 aromatic rings. The number of ether oxygens (including phenoxy) is 2. The van der Waals surface area contributed by atoms with Gasteiger partial charge in [0.05, 0.1) is 24.3 Å². The van der Waals surface area contributed by atoms with Crippen molar-refractivity contribution in [1.82, 2.24) is 19.9 Å². The molecule has 0 bridgehead atoms. The quantitative estimate of drug-likeness (QED) is 0.180. The Kier molecular flexibility index (Phi) is 9.31. The van der Waals surface area contributed by atoms with Gasteiger partial charge in [-0.2, -0.15) is 0 Å². The molecule has 0 spiro atoms. The van der Waals surface area contributed by atoms with E-state index in [1.165, 1.54) is 18.5 Å². The largest absolute Gasteiger partial charge is 0.493 e. The first-order valence-electron chi connectivity index (χ1n) is 12.4. The van der Waals surface area contributed by atoms with Crippen molar-refractivity contribution in [3.8, 4) is 11.5 Å². The van der Waals surface area contributed by atoms with E-state index in [2.05, 4.69) is 25.3 Å². The second-order valence-electron chi connectivity index (χ2n) is 8.83. The molecule has 200 valence electrons. The number of unbranched alkanes of at least 4 members (excludes halogenated alkanes) is 3. The molecule has 0 radical (unpaired) electrons. The lowest BCUT2D eigenvalue weighted by molar-refractivity contribution is -0.118. The van der Waals surface area contributed by atoms with E-state index in [0.29, 0.717) is 53.4 Å². The molecule has 0 aliphatic carbocycles. The maximum Gasteiger partial charge on any atom is 0.217 e. The van der Waals surface area contributed by atoms with Gasteiger partial charge in [-0.05, 0) is 37.1 Å². The number of halogens is 2. The number of aromatic amines is 1. The first-order chi connectivity index (χ1) is 18.4. The second kappa shape index (κ2) is 13.0. The fraction of sp³-hybridized carbons (Fsp3) is 0.333. The van der Waals surface area contributed by atoms with Crippen LogP contribution in [0.4, 0.5) is 15.9 Å². The number of nitrogens with two attached hydrogens (primary N) is 1. The van der Waals surface area contributed by atoms with Crippen LogP contribution in [0, 0.1) is 5.82 Å². The number of carbonyl (C=O) groups excluding carboxylic acids is 1. The van der Waals surface area contributed by atoms with Crippen LogP contribution in [0.2, 0.25) is 5.02 Å². The Labute approximate surface area is 224 Å². The Morgan fingerprint density at radius 1 is 1.08 bits per heavy atom. The number of fused-ring (bicyclic) bond motifs is 1. The van der Waals surface area contributed by atoms with E-state index in [9.17, 15) is 9.18 Å². The van der Waals surface area contributed by atoms with Gasteiger partial charge in [-0.1, -0.05) is 24.4 Å². The maximum atomic E-state index is 13.6. The number of hydrogen-bond donors (Lipinski definition) is 3. The van der Waals surface area contributed by atoms with Crippen LogP contribution in [0.5, 0.6) is 11.5 Å². The van der Waals surface area contributed by atoms with E-state index >= 15 is 0 Å². The van der Waals surface area contributed by atoms with Gasteiger partial charge in [0, 0.05) is 48.3 Å². The second-order valence-corrected chi connectivity index (χ2v) is 9.24. The third-order valence-corrected chi connectivity index (χ3v) is 6.29. The van der Waals surface area contributed by atoms with Gasteiger partial charge in [-0.3, -0.25) is 4.79 Å². The smallest absolute Gasteiger partial charge is 0.217 e. The summed E-state index contributed by atoms with van der Waals surface area (Å²) in [5, 5.41) is 3.89. The van der Waals surface area contributed by atoms with Crippen LogP contribution in [0.15, 0.2) is 42.9 Å². The van der Waals surface area contributed by atoms with Crippen LogP contribution in [-0.2, 0) is 17.6 Å². The minimum Gasteiger partial charge on any atom is -0.493 e. The number of anilines is 2. The molecule has 0 aliphatic rings. The molecule has 2 aromatic carbocycles. The molecule has 9 nitrogen and oxygen atoms in total. The molecule has 2 heterocycles. The zero-order valence-corrected chi connectivity index (χ0v) is 21.9. The van der Waals surface area contributed by atoms with Crippen molar-refractivity contribution >= 4 is 39.9 Å². The van der Waals surface area contributed by atoms with Crippen molar-refractivity contribution in [2.75, 3.05) is 19.0 Å². The Bertz CT molecular complexity index is 1400. The van der Waals surface area contributed by atoms with Gasteiger partial charge in [0.2, 0.25) is 5.91 Å². The number of primary amides is 1. The van der Waals surface area contributed by atoms with Gasteiger partial charge in [-0.25, -0.2) is 19.3 Å². The fourth-order valence-corrected chi connectivity index (χ4v) is 4.20. The fourth-order valence-electron chi connectivity index (χ4n) is 4.02. The highest BCUT2D eigenvalue weighted by Crippen LogP contribution is 2.35. The Morgan fingerprint density at radius 2 is 1.92 bits per heavy atom. The van der Waals surface area contributed by atoms with E-state index in [1.807, 2.05) is 12.3 Å². The van der Waals surface area contributed by atoms with Crippen LogP contribution < -0.4 is 20.5 Å². The number of carbonyl (C=O) groups is 1. The number of methoxy groups -OCH3 is 1. The van der Waals surface area contributed by atoms with Crippen molar-refractivity contribution < 1.29 is 18.7 Å². The number of amides is 1. The summed E-state index contributed by atoms with van der Waals surface area (Å²) in [6.07, 6.45) is 9.04. The van der Waals surface area contributed by atoms with Crippen LogP contribution in [0.3, 0.4) is 0 Å². The molecule has 0 saturated heterocycles. The summed E-state index contributed by atoms with van der Waals surface area (Å²) in [6.45, 7) is 0.403. The van der Waals surface area contributed by atoms with Gasteiger partial charge < -0.3 is 25.5 Å². The predicted octanol–water partition coefficient (Wildman–Crippen LogP) is 5.50.